The minimum absolute atomic E-state index is 0.0746. The van der Waals surface area contributed by atoms with Crippen molar-refractivity contribution >= 4 is 18.0 Å². The van der Waals surface area contributed by atoms with Crippen molar-refractivity contribution in [2.75, 3.05) is 82.0 Å². The Hall–Kier alpha value is -4.73. The first-order valence-electron chi connectivity index (χ1n) is 22.7. The van der Waals surface area contributed by atoms with Gasteiger partial charge in [-0.1, -0.05) is 51.7 Å². The molecule has 2 atom stereocenters. The molecule has 0 unspecified atom stereocenters. The van der Waals surface area contributed by atoms with E-state index < -0.39 is 5.97 Å². The first kappa shape index (κ1) is 40.3. The standard InChI is InChI=1S/C23H30N4O4.C23H30N4O3/c1-2-30-21(29)20-24-25-22(31-20)27-14-23(15-27)10-7-17(13-23)26-11-8-16(9-12-26)18-5-3-4-6-19(18)28;1-2-4-21(30-19-12-28-13-19)20(3-1)17-6-9-26(10-7-17)18-5-8-23(11-18)14-27(15-23)22-25-24-16-29-22/h3-6,16-17,28H,2,7-15H2,1H3;1-4,16-19H,5-15H2/t17-;18-/m11/s1. The highest BCUT2D eigenvalue weighted by atomic mass is 16.6. The predicted octanol–water partition coefficient (Wildman–Crippen LogP) is 6.28. The third kappa shape index (κ3) is 8.45. The SMILES string of the molecule is CCOC(=O)c1nnc(N2CC3(CC[C@@H](N4CCC(c5ccccc5O)CC4)C3)C2)o1.c1ccc(C2CCN([C@@H]3CCC4(C3)CN(c3nnco3)C4)CC2)c(OC2COC2)c1. The van der Waals surface area contributed by atoms with Gasteiger partial charge in [0.05, 0.1) is 19.8 Å². The van der Waals surface area contributed by atoms with Crippen molar-refractivity contribution in [3.63, 3.8) is 0 Å². The maximum Gasteiger partial charge on any atom is 0.396 e. The Morgan fingerprint density at radius 1 is 0.754 bits per heavy atom. The van der Waals surface area contributed by atoms with Gasteiger partial charge in [-0.25, -0.2) is 4.79 Å². The lowest BCUT2D eigenvalue weighted by atomic mass is 9.78. The zero-order chi connectivity index (χ0) is 41.4. The highest BCUT2D eigenvalue weighted by Gasteiger charge is 2.52. The van der Waals surface area contributed by atoms with Crippen LogP contribution in [0.2, 0.25) is 0 Å². The van der Waals surface area contributed by atoms with Gasteiger partial charge in [0.15, 0.2) is 0 Å². The van der Waals surface area contributed by atoms with Crippen molar-refractivity contribution in [1.29, 1.82) is 0 Å². The van der Waals surface area contributed by atoms with Gasteiger partial charge >= 0.3 is 23.9 Å². The number of phenolic OH excluding ortho intramolecular Hbond substituents is 1. The Morgan fingerprint density at radius 3 is 1.92 bits per heavy atom. The highest BCUT2D eigenvalue weighted by molar-refractivity contribution is 5.84. The number of benzene rings is 2. The smallest absolute Gasteiger partial charge is 0.396 e. The Kier molecular flexibility index (Phi) is 11.4. The number of esters is 1. The zero-order valence-electron chi connectivity index (χ0n) is 35.4. The third-order valence-electron chi connectivity index (χ3n) is 14.9. The quantitative estimate of drug-likeness (QED) is 0.178. The number of carbonyl (C=O) groups excluding carboxylic acids is 1. The van der Waals surface area contributed by atoms with Crippen molar-refractivity contribution in [2.24, 2.45) is 10.8 Å². The summed E-state index contributed by atoms with van der Waals surface area (Å²) in [4.78, 5) is 21.4. The van der Waals surface area contributed by atoms with E-state index in [1.807, 2.05) is 12.1 Å². The normalized spacial score (nSPS) is 25.5. The summed E-state index contributed by atoms with van der Waals surface area (Å²) >= 11 is 0. The van der Waals surface area contributed by atoms with Gasteiger partial charge in [-0.15, -0.1) is 5.10 Å². The first-order chi connectivity index (χ1) is 29.8. The van der Waals surface area contributed by atoms with Crippen LogP contribution >= 0.6 is 0 Å². The fraction of sp³-hybridized carbons (Fsp3) is 0.630. The number of hydrogen-bond acceptors (Lipinski definition) is 15. The number of piperidine rings is 2. The average Bonchev–Trinajstić information content (AvgIpc) is 4.09. The van der Waals surface area contributed by atoms with Gasteiger partial charge in [-0.3, -0.25) is 0 Å². The van der Waals surface area contributed by atoms with Gasteiger partial charge in [-0.2, -0.15) is 0 Å². The summed E-state index contributed by atoms with van der Waals surface area (Å²) in [7, 11) is 0. The number of rotatable bonds is 10. The molecule has 5 saturated heterocycles. The number of hydrogen-bond donors (Lipinski definition) is 1. The topological polar surface area (TPSA) is 156 Å². The molecule has 15 heteroatoms. The second-order valence-electron chi connectivity index (χ2n) is 18.8. The molecule has 0 radical (unpaired) electrons. The summed E-state index contributed by atoms with van der Waals surface area (Å²) in [6.45, 7) is 12.0. The summed E-state index contributed by atoms with van der Waals surface area (Å²) < 4.78 is 27.2. The number of para-hydroxylation sites is 2. The fourth-order valence-corrected chi connectivity index (χ4v) is 11.6. The summed E-state index contributed by atoms with van der Waals surface area (Å²) in [5.74, 6) is 1.92. The lowest BCUT2D eigenvalue weighted by Gasteiger charge is -2.48. The molecule has 0 amide bonds. The molecule has 1 N–H and O–H groups in total. The van der Waals surface area contributed by atoms with Gasteiger partial charge in [0.1, 0.15) is 17.6 Å². The van der Waals surface area contributed by atoms with Gasteiger partial charge < -0.3 is 47.8 Å². The minimum Gasteiger partial charge on any atom is -0.508 e. The van der Waals surface area contributed by atoms with Crippen LogP contribution in [0.5, 0.6) is 11.5 Å². The molecule has 2 aromatic carbocycles. The Bertz CT molecular complexity index is 2080. The van der Waals surface area contributed by atoms with Crippen LogP contribution in [0.3, 0.4) is 0 Å². The van der Waals surface area contributed by atoms with E-state index in [0.717, 1.165) is 82.7 Å². The van der Waals surface area contributed by atoms with E-state index in [9.17, 15) is 9.90 Å². The van der Waals surface area contributed by atoms with E-state index in [0.29, 0.717) is 46.5 Å². The molecule has 0 bridgehead atoms. The number of aromatic hydroxyl groups is 1. The average molecular weight is 837 g/mol. The molecule has 2 aromatic heterocycles. The predicted molar refractivity (Wildman–Crippen MR) is 226 cm³/mol. The summed E-state index contributed by atoms with van der Waals surface area (Å²) in [5.41, 5.74) is 3.27. The molecular formula is C46H60N8O7. The molecule has 7 fully saturated rings. The number of nitrogens with zero attached hydrogens (tertiary/aromatic N) is 8. The van der Waals surface area contributed by atoms with Gasteiger partial charge in [-0.05, 0) is 132 Å². The van der Waals surface area contributed by atoms with Crippen LogP contribution in [0.1, 0.15) is 105 Å². The van der Waals surface area contributed by atoms with Crippen molar-refractivity contribution in [3.8, 4) is 11.5 Å². The maximum absolute atomic E-state index is 11.7. The van der Waals surface area contributed by atoms with Crippen LogP contribution in [0.4, 0.5) is 12.0 Å². The first-order valence-corrected chi connectivity index (χ1v) is 22.7. The van der Waals surface area contributed by atoms with Crippen molar-refractivity contribution in [1.82, 2.24) is 30.2 Å². The third-order valence-corrected chi connectivity index (χ3v) is 14.9. The molecule has 4 aromatic rings. The van der Waals surface area contributed by atoms with E-state index in [-0.39, 0.29) is 18.6 Å². The summed E-state index contributed by atoms with van der Waals surface area (Å²) in [6, 6.07) is 18.9. The number of carbonyl (C=O) groups is 1. The van der Waals surface area contributed by atoms with Crippen molar-refractivity contribution < 1.29 is 32.9 Å². The van der Waals surface area contributed by atoms with Crippen LogP contribution < -0.4 is 14.5 Å². The molecule has 2 saturated carbocycles. The number of anilines is 2. The van der Waals surface area contributed by atoms with E-state index >= 15 is 0 Å². The lowest BCUT2D eigenvalue weighted by Crippen LogP contribution is -2.56. The molecule has 2 spiro atoms. The second kappa shape index (κ2) is 17.2. The Morgan fingerprint density at radius 2 is 1.34 bits per heavy atom. The largest absolute Gasteiger partial charge is 0.508 e. The highest BCUT2D eigenvalue weighted by Crippen LogP contribution is 2.50. The minimum atomic E-state index is -0.565. The molecule has 5 aliphatic heterocycles. The van der Waals surface area contributed by atoms with Crippen LogP contribution in [-0.4, -0.2) is 132 Å². The van der Waals surface area contributed by atoms with Crippen LogP contribution in [0.25, 0.3) is 0 Å². The molecule has 15 nitrogen and oxygen atoms in total. The number of likely N-dealkylation sites (tertiary alicyclic amines) is 2. The summed E-state index contributed by atoms with van der Waals surface area (Å²) in [6.07, 6.45) is 13.9. The summed E-state index contributed by atoms with van der Waals surface area (Å²) in [5, 5.41) is 25.9. The molecule has 2 aliphatic carbocycles. The Balaban J connectivity index is 0.000000146. The number of ether oxygens (including phenoxy) is 3. The second-order valence-corrected chi connectivity index (χ2v) is 18.8. The van der Waals surface area contributed by atoms with Crippen LogP contribution in [-0.2, 0) is 9.47 Å². The monoisotopic (exact) mass is 836 g/mol. The molecule has 7 aliphatic rings. The maximum atomic E-state index is 11.7. The molecule has 7 heterocycles. The van der Waals surface area contributed by atoms with Crippen LogP contribution in [0, 0.1) is 10.8 Å². The van der Waals surface area contributed by atoms with Gasteiger partial charge in [0.25, 0.3) is 0 Å². The van der Waals surface area contributed by atoms with E-state index in [1.54, 1.807) is 13.0 Å². The molecular weight excluding hydrogens is 777 g/mol. The number of aromatic nitrogens is 4. The molecule has 326 valence electrons. The van der Waals surface area contributed by atoms with Crippen LogP contribution in [0.15, 0.2) is 63.8 Å². The fourth-order valence-electron chi connectivity index (χ4n) is 11.6. The van der Waals surface area contributed by atoms with Gasteiger partial charge in [0, 0.05) is 49.1 Å². The molecule has 11 rings (SSSR count). The van der Waals surface area contributed by atoms with Crippen molar-refractivity contribution in [3.05, 3.63) is 71.9 Å². The van der Waals surface area contributed by atoms with E-state index in [1.165, 1.54) is 76.4 Å². The Labute approximate surface area is 357 Å². The zero-order valence-corrected chi connectivity index (χ0v) is 35.4. The van der Waals surface area contributed by atoms with Crippen molar-refractivity contribution in [2.45, 2.75) is 101 Å². The van der Waals surface area contributed by atoms with E-state index in [4.69, 9.17) is 23.0 Å². The molecule has 61 heavy (non-hydrogen) atoms. The van der Waals surface area contributed by atoms with E-state index in [2.05, 4.69) is 70.3 Å². The van der Waals surface area contributed by atoms with Gasteiger partial charge in [0.2, 0.25) is 6.39 Å². The number of phenols is 1. The lowest BCUT2D eigenvalue weighted by molar-refractivity contribution is -0.0801.